The van der Waals surface area contributed by atoms with Crippen LogP contribution in [0.2, 0.25) is 0 Å². The Labute approximate surface area is 235 Å². The number of hydrogen-bond acceptors (Lipinski definition) is 6. The Morgan fingerprint density at radius 1 is 0.475 bits per heavy atom. The minimum Gasteiger partial charge on any atom is -0.368 e. The van der Waals surface area contributed by atoms with Crippen LogP contribution in [0.25, 0.3) is 0 Å². The molecule has 0 aliphatic carbocycles. The highest BCUT2D eigenvalue weighted by atomic mass is 16.7. The van der Waals surface area contributed by atoms with Crippen molar-refractivity contribution in [2.24, 2.45) is 0 Å². The van der Waals surface area contributed by atoms with Crippen LogP contribution in [-0.2, 0) is 41.6 Å². The molecule has 4 aromatic carbocycles. The number of ether oxygens (including phenoxy) is 6. The standard InChI is InChI=1S/C34H34O6/c1-5-13-25(14-6-1)21-35-29-23-37-33(27-17-9-3-10-18-27)39-31(29)32-30(36-22-26-15-7-2-8-16-26)24-38-34(40-32)28-19-11-4-12-20-28/h1-20,29-34H,21-24H2/t29-,30-,31?,32?,33+,34+/m0/s1. The molecule has 4 aromatic rings. The lowest BCUT2D eigenvalue weighted by Gasteiger charge is -2.45. The minimum absolute atomic E-state index is 0.360. The Bertz CT molecular complexity index is 1180. The third-order valence-electron chi connectivity index (χ3n) is 7.20. The van der Waals surface area contributed by atoms with Gasteiger partial charge in [0.25, 0.3) is 0 Å². The highest BCUT2D eigenvalue weighted by Crippen LogP contribution is 2.37. The summed E-state index contributed by atoms with van der Waals surface area (Å²) >= 11 is 0. The van der Waals surface area contributed by atoms with E-state index in [1.165, 1.54) is 0 Å². The van der Waals surface area contributed by atoms with Crippen molar-refractivity contribution in [2.75, 3.05) is 13.2 Å². The average Bonchev–Trinajstić information content (AvgIpc) is 3.04. The van der Waals surface area contributed by atoms with E-state index < -0.39 is 24.8 Å². The van der Waals surface area contributed by atoms with E-state index in [4.69, 9.17) is 28.4 Å². The molecule has 40 heavy (non-hydrogen) atoms. The largest absolute Gasteiger partial charge is 0.368 e. The van der Waals surface area contributed by atoms with Gasteiger partial charge in [0, 0.05) is 11.1 Å². The fourth-order valence-electron chi connectivity index (χ4n) is 5.08. The van der Waals surface area contributed by atoms with Crippen molar-refractivity contribution >= 4 is 0 Å². The molecule has 2 aliphatic rings. The summed E-state index contributed by atoms with van der Waals surface area (Å²) in [7, 11) is 0. The fourth-order valence-corrected chi connectivity index (χ4v) is 5.08. The molecule has 2 fully saturated rings. The Morgan fingerprint density at radius 2 is 0.825 bits per heavy atom. The highest BCUT2D eigenvalue weighted by Gasteiger charge is 2.46. The first-order valence-electron chi connectivity index (χ1n) is 13.8. The van der Waals surface area contributed by atoms with Crippen LogP contribution < -0.4 is 0 Å². The molecule has 0 bridgehead atoms. The van der Waals surface area contributed by atoms with E-state index in [2.05, 4.69) is 24.3 Å². The molecule has 0 saturated carbocycles. The molecule has 0 spiro atoms. The second kappa shape index (κ2) is 13.3. The van der Waals surface area contributed by atoms with Crippen molar-refractivity contribution < 1.29 is 28.4 Å². The van der Waals surface area contributed by atoms with E-state index in [0.717, 1.165) is 22.3 Å². The summed E-state index contributed by atoms with van der Waals surface area (Å²) in [6, 6.07) is 40.2. The molecule has 2 saturated heterocycles. The molecule has 2 unspecified atom stereocenters. The molecule has 2 heterocycles. The Kier molecular flexibility index (Phi) is 8.95. The minimum atomic E-state index is -0.542. The normalized spacial score (nSPS) is 26.8. The quantitative estimate of drug-likeness (QED) is 0.246. The lowest BCUT2D eigenvalue weighted by Crippen LogP contribution is -2.57. The van der Waals surface area contributed by atoms with Crippen LogP contribution in [0.5, 0.6) is 0 Å². The third kappa shape index (κ3) is 6.67. The predicted molar refractivity (Wildman–Crippen MR) is 150 cm³/mol. The molecule has 0 aromatic heterocycles. The maximum Gasteiger partial charge on any atom is 0.184 e. The summed E-state index contributed by atoms with van der Waals surface area (Å²) in [5.41, 5.74) is 4.06. The van der Waals surface area contributed by atoms with Gasteiger partial charge in [-0.05, 0) is 11.1 Å². The van der Waals surface area contributed by atoms with E-state index in [0.29, 0.717) is 26.4 Å². The van der Waals surface area contributed by atoms with E-state index >= 15 is 0 Å². The van der Waals surface area contributed by atoms with E-state index in [9.17, 15) is 0 Å². The topological polar surface area (TPSA) is 55.4 Å². The summed E-state index contributed by atoms with van der Waals surface area (Å²) in [5.74, 6) is 0. The monoisotopic (exact) mass is 538 g/mol. The SMILES string of the molecule is c1ccc(CO[C@H]2CO[C@@H](c3ccccc3)OC2C2O[C@H](c3ccccc3)OC[C@@H]2OCc2ccccc2)cc1. The molecular formula is C34H34O6. The number of benzene rings is 4. The molecule has 6 rings (SSSR count). The van der Waals surface area contributed by atoms with Crippen LogP contribution in [-0.4, -0.2) is 37.6 Å². The summed E-state index contributed by atoms with van der Waals surface area (Å²) < 4.78 is 38.6. The lowest BCUT2D eigenvalue weighted by atomic mass is 9.99. The van der Waals surface area contributed by atoms with Crippen LogP contribution >= 0.6 is 0 Å². The van der Waals surface area contributed by atoms with Crippen LogP contribution in [0.3, 0.4) is 0 Å². The van der Waals surface area contributed by atoms with E-state index in [1.54, 1.807) is 0 Å². The zero-order chi connectivity index (χ0) is 27.0. The molecule has 0 amide bonds. The molecule has 0 N–H and O–H groups in total. The van der Waals surface area contributed by atoms with Crippen LogP contribution in [0.1, 0.15) is 34.8 Å². The van der Waals surface area contributed by atoms with Gasteiger partial charge in [-0.25, -0.2) is 0 Å². The van der Waals surface area contributed by atoms with Gasteiger partial charge < -0.3 is 28.4 Å². The second-order valence-corrected chi connectivity index (χ2v) is 10.0. The molecule has 6 nitrogen and oxygen atoms in total. The van der Waals surface area contributed by atoms with Gasteiger partial charge in [-0.15, -0.1) is 0 Å². The first-order valence-corrected chi connectivity index (χ1v) is 13.8. The van der Waals surface area contributed by atoms with Crippen LogP contribution in [0, 0.1) is 0 Å². The van der Waals surface area contributed by atoms with Crippen molar-refractivity contribution in [3.05, 3.63) is 144 Å². The Balaban J connectivity index is 1.27. The van der Waals surface area contributed by atoms with Gasteiger partial charge in [-0.3, -0.25) is 0 Å². The van der Waals surface area contributed by atoms with E-state index in [1.807, 2.05) is 97.1 Å². The van der Waals surface area contributed by atoms with E-state index in [-0.39, 0.29) is 12.2 Å². The first kappa shape index (κ1) is 26.8. The van der Waals surface area contributed by atoms with Crippen molar-refractivity contribution in [2.45, 2.75) is 50.2 Å². The fraction of sp³-hybridized carbons (Fsp3) is 0.294. The van der Waals surface area contributed by atoms with Gasteiger partial charge in [-0.1, -0.05) is 121 Å². The predicted octanol–water partition coefficient (Wildman–Crippen LogP) is 6.39. The first-order chi connectivity index (χ1) is 19.8. The van der Waals surface area contributed by atoms with Crippen LogP contribution in [0.4, 0.5) is 0 Å². The maximum atomic E-state index is 6.67. The van der Waals surface area contributed by atoms with Crippen molar-refractivity contribution in [3.8, 4) is 0 Å². The smallest absolute Gasteiger partial charge is 0.184 e. The Hall–Kier alpha value is -3.36. The zero-order valence-corrected chi connectivity index (χ0v) is 22.3. The molecule has 206 valence electrons. The molecular weight excluding hydrogens is 504 g/mol. The van der Waals surface area contributed by atoms with Gasteiger partial charge in [-0.2, -0.15) is 0 Å². The second-order valence-electron chi connectivity index (χ2n) is 10.0. The van der Waals surface area contributed by atoms with Crippen molar-refractivity contribution in [1.82, 2.24) is 0 Å². The summed E-state index contributed by atoms with van der Waals surface area (Å²) in [6.07, 6.45) is -2.75. The number of rotatable bonds is 9. The van der Waals surface area contributed by atoms with Gasteiger partial charge in [0.15, 0.2) is 12.6 Å². The number of hydrogen-bond donors (Lipinski definition) is 0. The molecule has 2 aliphatic heterocycles. The lowest BCUT2D eigenvalue weighted by molar-refractivity contribution is -0.341. The third-order valence-corrected chi connectivity index (χ3v) is 7.20. The molecule has 0 radical (unpaired) electrons. The summed E-state index contributed by atoms with van der Waals surface area (Å²) in [4.78, 5) is 0. The zero-order valence-electron chi connectivity index (χ0n) is 22.3. The Morgan fingerprint density at radius 3 is 1.20 bits per heavy atom. The summed E-state index contributed by atoms with van der Waals surface area (Å²) in [5, 5.41) is 0. The van der Waals surface area contributed by atoms with Crippen LogP contribution in [0.15, 0.2) is 121 Å². The van der Waals surface area contributed by atoms with Crippen molar-refractivity contribution in [1.29, 1.82) is 0 Å². The van der Waals surface area contributed by atoms with Gasteiger partial charge in [0.05, 0.1) is 26.4 Å². The van der Waals surface area contributed by atoms with Gasteiger partial charge in [0.2, 0.25) is 0 Å². The van der Waals surface area contributed by atoms with Gasteiger partial charge >= 0.3 is 0 Å². The highest BCUT2D eigenvalue weighted by molar-refractivity contribution is 5.19. The summed E-state index contributed by atoms with van der Waals surface area (Å²) in [6.45, 7) is 1.59. The molecule has 6 heteroatoms. The van der Waals surface area contributed by atoms with Gasteiger partial charge in [0.1, 0.15) is 24.4 Å². The molecule has 6 atom stereocenters. The maximum absolute atomic E-state index is 6.67. The van der Waals surface area contributed by atoms with Crippen molar-refractivity contribution in [3.63, 3.8) is 0 Å². The average molecular weight is 539 g/mol.